The molecular formula is C15H20O3. The zero-order chi connectivity index (χ0) is 12.4. The first kappa shape index (κ1) is 12.0. The first-order valence-electron chi connectivity index (χ1n) is 6.79. The van der Waals surface area contributed by atoms with Gasteiger partial charge in [0, 0.05) is 13.2 Å². The summed E-state index contributed by atoms with van der Waals surface area (Å²) in [6.45, 7) is 2.12. The van der Waals surface area contributed by atoms with Crippen LogP contribution in [0.5, 0.6) is 5.75 Å². The summed E-state index contributed by atoms with van der Waals surface area (Å²) in [5.41, 5.74) is 0.705. The summed E-state index contributed by atoms with van der Waals surface area (Å²) in [7, 11) is 0. The van der Waals surface area contributed by atoms with E-state index in [-0.39, 0.29) is 0 Å². The summed E-state index contributed by atoms with van der Waals surface area (Å²) in [4.78, 5) is 0. The van der Waals surface area contributed by atoms with Crippen LogP contribution in [0.1, 0.15) is 37.2 Å². The minimum atomic E-state index is -0.548. The van der Waals surface area contributed by atoms with Crippen LogP contribution in [0, 0.1) is 0 Å². The Kier molecular flexibility index (Phi) is 3.27. The van der Waals surface area contributed by atoms with Crippen LogP contribution < -0.4 is 4.74 Å². The molecule has 1 atom stereocenters. The molecule has 0 aromatic heterocycles. The molecule has 0 amide bonds. The molecule has 1 unspecified atom stereocenters. The number of para-hydroxylation sites is 1. The van der Waals surface area contributed by atoms with Crippen molar-refractivity contribution >= 4 is 0 Å². The Bertz CT molecular complexity index is 410. The van der Waals surface area contributed by atoms with Crippen LogP contribution in [-0.2, 0) is 4.74 Å². The third-order valence-corrected chi connectivity index (χ3v) is 4.13. The van der Waals surface area contributed by atoms with E-state index in [1.165, 1.54) is 5.56 Å². The predicted octanol–water partition coefficient (Wildman–Crippen LogP) is 2.48. The molecule has 3 heteroatoms. The van der Waals surface area contributed by atoms with Gasteiger partial charge in [0.1, 0.15) is 5.75 Å². The van der Waals surface area contributed by atoms with E-state index < -0.39 is 5.60 Å². The second kappa shape index (κ2) is 4.90. The molecule has 1 N–H and O–H groups in total. The SMILES string of the molecule is OC1(CC2CCOc3ccccc32)CCOCC1. The number of benzene rings is 1. The first-order chi connectivity index (χ1) is 8.77. The van der Waals surface area contributed by atoms with Gasteiger partial charge >= 0.3 is 0 Å². The lowest BCUT2D eigenvalue weighted by Crippen LogP contribution is -2.38. The zero-order valence-electron chi connectivity index (χ0n) is 10.6. The van der Waals surface area contributed by atoms with Crippen molar-refractivity contribution in [1.29, 1.82) is 0 Å². The molecule has 0 saturated carbocycles. The Morgan fingerprint density at radius 2 is 1.94 bits per heavy atom. The monoisotopic (exact) mass is 248 g/mol. The fraction of sp³-hybridized carbons (Fsp3) is 0.600. The summed E-state index contributed by atoms with van der Waals surface area (Å²) in [6.07, 6.45) is 3.34. The standard InChI is InChI=1S/C15H20O3/c16-15(6-9-17-10-7-15)11-12-5-8-18-14-4-2-1-3-13(12)14/h1-4,12,16H,5-11H2. The number of ether oxygens (including phenoxy) is 2. The second-order valence-corrected chi connectivity index (χ2v) is 5.41. The van der Waals surface area contributed by atoms with Gasteiger partial charge in [-0.05, 0) is 43.2 Å². The average Bonchev–Trinajstić information content (AvgIpc) is 2.40. The first-order valence-corrected chi connectivity index (χ1v) is 6.79. The number of rotatable bonds is 2. The van der Waals surface area contributed by atoms with Crippen LogP contribution in [0.15, 0.2) is 24.3 Å². The summed E-state index contributed by atoms with van der Waals surface area (Å²) in [6, 6.07) is 8.20. The van der Waals surface area contributed by atoms with Gasteiger partial charge in [0.05, 0.1) is 12.2 Å². The van der Waals surface area contributed by atoms with Crippen LogP contribution in [0.4, 0.5) is 0 Å². The molecule has 1 aromatic carbocycles. The van der Waals surface area contributed by atoms with Crippen LogP contribution >= 0.6 is 0 Å². The fourth-order valence-corrected chi connectivity index (χ4v) is 3.04. The molecule has 18 heavy (non-hydrogen) atoms. The Morgan fingerprint density at radius 1 is 1.17 bits per heavy atom. The number of fused-ring (bicyclic) bond motifs is 1. The van der Waals surface area contributed by atoms with Crippen molar-refractivity contribution in [2.75, 3.05) is 19.8 Å². The van der Waals surface area contributed by atoms with Crippen molar-refractivity contribution in [1.82, 2.24) is 0 Å². The molecule has 1 saturated heterocycles. The molecular weight excluding hydrogens is 228 g/mol. The zero-order valence-corrected chi connectivity index (χ0v) is 10.6. The molecule has 0 radical (unpaired) electrons. The van der Waals surface area contributed by atoms with Gasteiger partial charge in [-0.25, -0.2) is 0 Å². The highest BCUT2D eigenvalue weighted by atomic mass is 16.5. The van der Waals surface area contributed by atoms with E-state index in [1.54, 1.807) is 0 Å². The van der Waals surface area contributed by atoms with Crippen molar-refractivity contribution in [3.63, 3.8) is 0 Å². The van der Waals surface area contributed by atoms with E-state index in [4.69, 9.17) is 9.47 Å². The molecule has 1 aromatic rings. The molecule has 2 aliphatic heterocycles. The number of aliphatic hydroxyl groups is 1. The van der Waals surface area contributed by atoms with Crippen LogP contribution in [0.3, 0.4) is 0 Å². The van der Waals surface area contributed by atoms with E-state index in [1.807, 2.05) is 12.1 Å². The van der Waals surface area contributed by atoms with Crippen molar-refractivity contribution in [2.45, 2.75) is 37.2 Å². The molecule has 0 spiro atoms. The highest BCUT2D eigenvalue weighted by Crippen LogP contribution is 2.40. The smallest absolute Gasteiger partial charge is 0.122 e. The summed E-state index contributed by atoms with van der Waals surface area (Å²) >= 11 is 0. The third-order valence-electron chi connectivity index (χ3n) is 4.13. The van der Waals surface area contributed by atoms with Crippen LogP contribution in [0.2, 0.25) is 0 Å². The van der Waals surface area contributed by atoms with Crippen molar-refractivity contribution in [2.24, 2.45) is 0 Å². The molecule has 0 aliphatic carbocycles. The van der Waals surface area contributed by atoms with E-state index in [0.29, 0.717) is 19.1 Å². The average molecular weight is 248 g/mol. The lowest BCUT2D eigenvalue weighted by atomic mass is 9.79. The molecule has 3 rings (SSSR count). The molecule has 1 fully saturated rings. The molecule has 3 nitrogen and oxygen atoms in total. The highest BCUT2D eigenvalue weighted by molar-refractivity contribution is 5.37. The van der Waals surface area contributed by atoms with Crippen molar-refractivity contribution in [3.05, 3.63) is 29.8 Å². The lowest BCUT2D eigenvalue weighted by Gasteiger charge is -2.37. The van der Waals surface area contributed by atoms with Gasteiger partial charge in [-0.1, -0.05) is 18.2 Å². The Morgan fingerprint density at radius 3 is 2.78 bits per heavy atom. The Balaban J connectivity index is 1.77. The summed E-state index contributed by atoms with van der Waals surface area (Å²) in [5, 5.41) is 10.6. The summed E-state index contributed by atoms with van der Waals surface area (Å²) < 4.78 is 11.0. The van der Waals surface area contributed by atoms with E-state index in [2.05, 4.69) is 12.1 Å². The second-order valence-electron chi connectivity index (χ2n) is 5.41. The Labute approximate surface area is 108 Å². The predicted molar refractivity (Wildman–Crippen MR) is 68.9 cm³/mol. The van der Waals surface area contributed by atoms with Gasteiger partial charge in [-0.2, -0.15) is 0 Å². The van der Waals surface area contributed by atoms with Crippen molar-refractivity contribution < 1.29 is 14.6 Å². The van der Waals surface area contributed by atoms with Gasteiger partial charge in [-0.15, -0.1) is 0 Å². The van der Waals surface area contributed by atoms with Crippen molar-refractivity contribution in [3.8, 4) is 5.75 Å². The fourth-order valence-electron chi connectivity index (χ4n) is 3.04. The van der Waals surface area contributed by atoms with E-state index >= 15 is 0 Å². The summed E-state index contributed by atoms with van der Waals surface area (Å²) in [5.74, 6) is 1.41. The molecule has 0 bridgehead atoms. The quantitative estimate of drug-likeness (QED) is 0.874. The maximum absolute atomic E-state index is 10.6. The molecule has 2 heterocycles. The normalized spacial score (nSPS) is 26.2. The van der Waals surface area contributed by atoms with Gasteiger partial charge in [-0.3, -0.25) is 0 Å². The maximum Gasteiger partial charge on any atom is 0.122 e. The minimum absolute atomic E-state index is 0.415. The largest absolute Gasteiger partial charge is 0.493 e. The topological polar surface area (TPSA) is 38.7 Å². The molecule has 2 aliphatic rings. The third kappa shape index (κ3) is 2.38. The highest BCUT2D eigenvalue weighted by Gasteiger charge is 2.34. The van der Waals surface area contributed by atoms with Gasteiger partial charge in [0.15, 0.2) is 0 Å². The maximum atomic E-state index is 10.6. The number of hydrogen-bond acceptors (Lipinski definition) is 3. The van der Waals surface area contributed by atoms with Crippen LogP contribution in [-0.4, -0.2) is 30.5 Å². The van der Waals surface area contributed by atoms with Gasteiger partial charge < -0.3 is 14.6 Å². The van der Waals surface area contributed by atoms with Gasteiger partial charge in [0.2, 0.25) is 0 Å². The van der Waals surface area contributed by atoms with Crippen LogP contribution in [0.25, 0.3) is 0 Å². The van der Waals surface area contributed by atoms with E-state index in [0.717, 1.165) is 38.0 Å². The lowest BCUT2D eigenvalue weighted by molar-refractivity contribution is -0.0729. The van der Waals surface area contributed by atoms with E-state index in [9.17, 15) is 5.11 Å². The minimum Gasteiger partial charge on any atom is -0.493 e. The molecule has 98 valence electrons. The Hall–Kier alpha value is -1.06. The van der Waals surface area contributed by atoms with Gasteiger partial charge in [0.25, 0.3) is 0 Å². The number of hydrogen-bond donors (Lipinski definition) is 1.